The molecule has 0 heterocycles. The van der Waals surface area contributed by atoms with Gasteiger partial charge in [0.1, 0.15) is 0 Å². The van der Waals surface area contributed by atoms with Gasteiger partial charge in [-0.15, -0.1) is 0 Å². The Balaban J connectivity index is 0. The van der Waals surface area contributed by atoms with Crippen molar-refractivity contribution in [1.82, 2.24) is 0 Å². The van der Waals surface area contributed by atoms with Crippen molar-refractivity contribution >= 4 is 41.8 Å². The summed E-state index contributed by atoms with van der Waals surface area (Å²) >= 11 is 0. The van der Waals surface area contributed by atoms with Gasteiger partial charge in [0.05, 0.1) is 0 Å². The van der Waals surface area contributed by atoms with Gasteiger partial charge in [-0.3, -0.25) is 0 Å². The van der Waals surface area contributed by atoms with Crippen LogP contribution in [0.1, 0.15) is 0 Å². The molecule has 1 radical (unpaired) electrons. The maximum absolute atomic E-state index is 11.2. The van der Waals surface area contributed by atoms with Crippen LogP contribution in [0.15, 0.2) is 0 Å². The second kappa shape index (κ2) is 2.69. The number of carbonyl (C=O) groups excluding carboxylic acids is 8. The van der Waals surface area contributed by atoms with Crippen LogP contribution >= 0.6 is 0 Å². The molecule has 0 saturated carbocycles. The van der Waals surface area contributed by atoms with Gasteiger partial charge in [0.15, 0.2) is 0 Å². The Morgan fingerprint density at radius 3 is 0.500 bits per heavy atom. The van der Waals surface area contributed by atoms with Crippen LogP contribution in [0.25, 0.3) is 0 Å². The standard InChI is InChI=1S/8CHO.2Co/c8*1-2;;/h8*1H;;. The van der Waals surface area contributed by atoms with Gasteiger partial charge < -0.3 is 0 Å². The minimum Gasteiger partial charge on any atom is 0 e. The summed E-state index contributed by atoms with van der Waals surface area (Å²) in [6.07, 6.45) is 0. The average molecular weight is 350 g/mol. The van der Waals surface area contributed by atoms with Crippen LogP contribution in [0.5, 0.6) is 0 Å². The third-order valence-electron chi connectivity index (χ3n) is 2.54. The smallest absolute Gasteiger partial charge is 0 e. The van der Waals surface area contributed by atoms with Crippen LogP contribution in [0.4, 0.5) is 0 Å². The van der Waals surface area contributed by atoms with Gasteiger partial charge >= 0.3 is 88.6 Å². The quantitative estimate of drug-likeness (QED) is 0.450. The Labute approximate surface area is 105 Å². The summed E-state index contributed by atoms with van der Waals surface area (Å²) in [6, 6.07) is 0. The van der Waals surface area contributed by atoms with Crippen molar-refractivity contribution < 1.29 is 63.6 Å². The molecule has 0 aliphatic heterocycles. The molecule has 0 atom stereocenters. The molecule has 10 heteroatoms. The molecule has 0 aliphatic carbocycles. The summed E-state index contributed by atoms with van der Waals surface area (Å²) in [5.74, 6) is 0. The second-order valence-electron chi connectivity index (χ2n) is 3.74. The van der Waals surface area contributed by atoms with Crippen molar-refractivity contribution in [2.75, 3.05) is 0 Å². The fourth-order valence-corrected chi connectivity index (χ4v) is 2.14. The average Bonchev–Trinajstić information content (AvgIpc) is 2.48. The summed E-state index contributed by atoms with van der Waals surface area (Å²) < 4.78 is 0. The third kappa shape index (κ3) is 0.869. The van der Waals surface area contributed by atoms with E-state index >= 15 is 0 Å². The van der Waals surface area contributed by atoms with Gasteiger partial charge in [0, 0.05) is 16.8 Å². The van der Waals surface area contributed by atoms with Crippen LogP contribution in [-0.2, 0) is 63.6 Å². The van der Waals surface area contributed by atoms with Crippen molar-refractivity contribution in [3.05, 3.63) is 0 Å². The Morgan fingerprint density at radius 1 is 0.389 bits per heavy atom. The molecule has 0 rings (SSSR count). The van der Waals surface area contributed by atoms with Crippen molar-refractivity contribution in [1.29, 1.82) is 0 Å². The second-order valence-corrected chi connectivity index (χ2v) is 15.4. The van der Waals surface area contributed by atoms with Gasteiger partial charge in [-0.2, -0.15) is 0 Å². The number of hydrogen-bond donors (Lipinski definition) is 0. The van der Waals surface area contributed by atoms with E-state index < -0.39 is 50.2 Å². The van der Waals surface area contributed by atoms with E-state index in [1.807, 2.05) is 0 Å². The molecule has 0 aromatic carbocycles. The molecule has 0 amide bonds. The normalized spacial score (nSPS) is 18.7. The predicted octanol–water partition coefficient (Wildman–Crippen LogP) is -2.20. The van der Waals surface area contributed by atoms with Crippen LogP contribution in [0.2, 0.25) is 0 Å². The van der Waals surface area contributed by atoms with E-state index in [2.05, 4.69) is 0 Å². The molecule has 106 valence electrons. The van der Waals surface area contributed by atoms with E-state index in [-0.39, 0.29) is 16.8 Å². The Morgan fingerprint density at radius 2 is 0.500 bits per heavy atom. The van der Waals surface area contributed by atoms with E-state index in [1.54, 1.807) is 0 Å². The molecule has 0 aliphatic rings. The molecule has 0 unspecified atom stereocenters. The van der Waals surface area contributed by atoms with E-state index in [1.165, 1.54) is 0 Å². The molecule has 0 spiro atoms. The zero-order valence-electron chi connectivity index (χ0n) is 8.55. The van der Waals surface area contributed by atoms with Crippen LogP contribution in [0, 0.1) is 0 Å². The van der Waals surface area contributed by atoms with E-state index in [9.17, 15) is 38.4 Å². The van der Waals surface area contributed by atoms with Gasteiger partial charge in [0.25, 0.3) is 0 Å². The first-order valence-corrected chi connectivity index (χ1v) is 8.23. The number of rotatable bonds is 8. The largest absolute Gasteiger partial charge is 0 e. The summed E-state index contributed by atoms with van der Waals surface area (Å²) in [7, 11) is -8.64. The zero-order valence-corrected chi connectivity index (χ0v) is 10.6. The fraction of sp³-hybridized carbons (Fsp3) is 0. The first kappa shape index (κ1) is 18.7. The first-order chi connectivity index (χ1) is 7.66. The zero-order chi connectivity index (χ0) is 14.0. The van der Waals surface area contributed by atoms with Gasteiger partial charge in [-0.25, -0.2) is 0 Å². The van der Waals surface area contributed by atoms with Gasteiger partial charge in [0.2, 0.25) is 0 Å². The molecule has 8 nitrogen and oxygen atoms in total. The third-order valence-corrected chi connectivity index (χ3v) is 10.5. The molecular formula is C8H8Co2O8. The van der Waals surface area contributed by atoms with Gasteiger partial charge in [-0.05, 0) is 0 Å². The summed E-state index contributed by atoms with van der Waals surface area (Å²) in [4.78, 5) is 89.4. The fourth-order valence-electron chi connectivity index (χ4n) is 0.519. The first-order valence-electron chi connectivity index (χ1n) is 3.43. The Bertz CT molecular complexity index is 395. The van der Waals surface area contributed by atoms with E-state index in [0.29, 0.717) is 0 Å². The minimum absolute atomic E-state index is 0. The number of carbonyl (C=O) groups is 8. The van der Waals surface area contributed by atoms with Gasteiger partial charge in [-0.1, -0.05) is 0 Å². The maximum Gasteiger partial charge on any atom is 0 e. The SMILES string of the molecule is O=[CH][Co]([CH]=O)([CH]=O)([CH]=O)([CH]=O)([CH]=O)([CH]=O)[CH]=O.[Co]. The van der Waals surface area contributed by atoms with Crippen molar-refractivity contribution in [3.63, 3.8) is 0 Å². The Hall–Kier alpha value is -1.63. The molecule has 0 fully saturated rings. The molecule has 0 saturated heterocycles. The van der Waals surface area contributed by atoms with Crippen molar-refractivity contribution in [2.45, 2.75) is 0 Å². The minimum atomic E-state index is -8.64. The summed E-state index contributed by atoms with van der Waals surface area (Å²) in [6.45, 7) is 0. The topological polar surface area (TPSA) is 137 Å². The van der Waals surface area contributed by atoms with Crippen LogP contribution in [-0.4, -0.2) is 41.8 Å². The Kier molecular flexibility index (Phi) is 2.80. The van der Waals surface area contributed by atoms with E-state index in [0.717, 1.165) is 0 Å². The summed E-state index contributed by atoms with van der Waals surface area (Å²) in [5.41, 5.74) is 0. The molecule has 0 bridgehead atoms. The molecule has 0 aromatic rings. The molecular weight excluding hydrogens is 342 g/mol. The number of hydrogen-bond acceptors (Lipinski definition) is 8. The monoisotopic (exact) mass is 350 g/mol. The molecule has 0 N–H and O–H groups in total. The molecule has 0 aromatic heterocycles. The summed E-state index contributed by atoms with van der Waals surface area (Å²) in [5, 5.41) is -8.31. The van der Waals surface area contributed by atoms with Crippen molar-refractivity contribution in [2.24, 2.45) is 0 Å². The van der Waals surface area contributed by atoms with Crippen molar-refractivity contribution in [3.8, 4) is 0 Å². The molecule has 18 heavy (non-hydrogen) atoms. The van der Waals surface area contributed by atoms with Crippen LogP contribution < -0.4 is 0 Å². The maximum atomic E-state index is 11.2. The van der Waals surface area contributed by atoms with E-state index in [4.69, 9.17) is 0 Å². The predicted molar refractivity (Wildman–Crippen MR) is 54.0 cm³/mol. The van der Waals surface area contributed by atoms with Crippen LogP contribution in [0.3, 0.4) is 0 Å².